The number of hydrogen-bond acceptors (Lipinski definition) is 4. The summed E-state index contributed by atoms with van der Waals surface area (Å²) in [6.45, 7) is 9.75. The van der Waals surface area contributed by atoms with Gasteiger partial charge in [-0.25, -0.2) is 4.67 Å². The Morgan fingerprint density at radius 1 is 1.23 bits per heavy atom. The Morgan fingerprint density at radius 2 is 1.91 bits per heavy atom. The monoisotopic (exact) mass is 324 g/mol. The molecule has 1 aliphatic rings. The molecule has 0 saturated heterocycles. The molecule has 1 aliphatic carbocycles. The van der Waals surface area contributed by atoms with Gasteiger partial charge in [-0.05, 0) is 47.0 Å². The molecule has 0 bridgehead atoms. The van der Waals surface area contributed by atoms with Crippen LogP contribution in [0.4, 0.5) is 0 Å². The number of nitriles is 1. The lowest BCUT2D eigenvalue weighted by Crippen LogP contribution is -2.33. The van der Waals surface area contributed by atoms with Gasteiger partial charge in [0.05, 0.1) is 25.7 Å². The summed E-state index contributed by atoms with van der Waals surface area (Å²) in [6.07, 6.45) is 10.1. The second-order valence-electron chi connectivity index (χ2n) is 5.94. The normalized spacial score (nSPS) is 15.6. The molecule has 0 spiro atoms. The number of nitrogens with zero attached hydrogens (tertiary/aromatic N) is 2. The zero-order valence-corrected chi connectivity index (χ0v) is 15.2. The van der Waals surface area contributed by atoms with Gasteiger partial charge in [-0.3, -0.25) is 0 Å². The first-order valence-corrected chi connectivity index (χ1v) is 9.25. The van der Waals surface area contributed by atoms with Crippen LogP contribution in [0.2, 0.25) is 0 Å². The van der Waals surface area contributed by atoms with Crippen molar-refractivity contribution in [3.8, 4) is 6.07 Å². The van der Waals surface area contributed by atoms with Crippen LogP contribution in [0.5, 0.6) is 0 Å². The number of allylic oxidation sites excluding steroid dienone is 4. The molecule has 0 aromatic heterocycles. The lowest BCUT2D eigenvalue weighted by molar-refractivity contribution is 0.175. The molecule has 0 radical (unpaired) electrons. The van der Waals surface area contributed by atoms with Crippen LogP contribution in [0.1, 0.15) is 53.4 Å². The van der Waals surface area contributed by atoms with Crippen LogP contribution in [0, 0.1) is 11.3 Å². The summed E-state index contributed by atoms with van der Waals surface area (Å²) < 4.78 is 14.2. The van der Waals surface area contributed by atoms with E-state index in [0.29, 0.717) is 31.7 Å². The van der Waals surface area contributed by atoms with Gasteiger partial charge in [-0.15, -0.1) is 0 Å². The molecular weight excluding hydrogens is 295 g/mol. The molecule has 0 heterocycles. The third-order valence-corrected chi connectivity index (χ3v) is 5.46. The highest BCUT2D eigenvalue weighted by Gasteiger charge is 2.26. The van der Waals surface area contributed by atoms with E-state index in [4.69, 9.17) is 14.3 Å². The Morgan fingerprint density at radius 3 is 2.45 bits per heavy atom. The van der Waals surface area contributed by atoms with E-state index in [1.807, 2.05) is 0 Å². The molecule has 0 aromatic rings. The Balaban J connectivity index is 2.43. The molecule has 0 saturated carbocycles. The maximum absolute atomic E-state index is 8.68. The van der Waals surface area contributed by atoms with Gasteiger partial charge in [-0.1, -0.05) is 23.8 Å². The Labute approximate surface area is 136 Å². The third kappa shape index (κ3) is 7.03. The molecule has 124 valence electrons. The summed E-state index contributed by atoms with van der Waals surface area (Å²) in [7, 11) is -1.09. The standard InChI is InChI=1S/C17H29N2O2P/c1-15(2)19(16(3)4)22(21-14-8-12-18)20-13-7-11-17-9-5-6-10-17/h5-6,9,15-16H,7-8,10-11,13-14H2,1-4H3. The van der Waals surface area contributed by atoms with E-state index in [1.165, 1.54) is 5.57 Å². The van der Waals surface area contributed by atoms with Gasteiger partial charge in [0.1, 0.15) is 0 Å². The van der Waals surface area contributed by atoms with E-state index in [0.717, 1.165) is 19.3 Å². The van der Waals surface area contributed by atoms with Crippen molar-refractivity contribution in [2.45, 2.75) is 65.5 Å². The van der Waals surface area contributed by atoms with Crippen molar-refractivity contribution in [3.63, 3.8) is 0 Å². The van der Waals surface area contributed by atoms with E-state index in [-0.39, 0.29) is 0 Å². The highest BCUT2D eigenvalue weighted by atomic mass is 31.2. The summed E-state index contributed by atoms with van der Waals surface area (Å²) in [5, 5.41) is 8.68. The largest absolute Gasteiger partial charge is 0.322 e. The van der Waals surface area contributed by atoms with Crippen molar-refractivity contribution in [3.05, 3.63) is 23.8 Å². The minimum absolute atomic E-state index is 0.356. The first-order valence-electron chi connectivity index (χ1n) is 8.12. The van der Waals surface area contributed by atoms with Gasteiger partial charge >= 0.3 is 0 Å². The smallest absolute Gasteiger partial charge is 0.259 e. The molecule has 0 aliphatic heterocycles. The van der Waals surface area contributed by atoms with Crippen molar-refractivity contribution >= 4 is 8.53 Å². The molecular formula is C17H29N2O2P. The Hall–Kier alpha value is -0.720. The van der Waals surface area contributed by atoms with Crippen LogP contribution in [-0.2, 0) is 9.05 Å². The van der Waals surface area contributed by atoms with Gasteiger partial charge < -0.3 is 9.05 Å². The van der Waals surface area contributed by atoms with Gasteiger partial charge in [0.2, 0.25) is 0 Å². The zero-order chi connectivity index (χ0) is 16.4. The molecule has 1 unspecified atom stereocenters. The second-order valence-corrected chi connectivity index (χ2v) is 7.39. The van der Waals surface area contributed by atoms with Crippen molar-refractivity contribution < 1.29 is 9.05 Å². The van der Waals surface area contributed by atoms with Crippen LogP contribution in [0.3, 0.4) is 0 Å². The average molecular weight is 324 g/mol. The predicted octanol–water partition coefficient (Wildman–Crippen LogP) is 4.95. The minimum atomic E-state index is -1.09. The molecule has 22 heavy (non-hydrogen) atoms. The molecule has 1 rings (SSSR count). The van der Waals surface area contributed by atoms with Gasteiger partial charge in [0.15, 0.2) is 0 Å². The van der Waals surface area contributed by atoms with Crippen molar-refractivity contribution in [1.82, 2.24) is 4.67 Å². The Kier molecular flexibility index (Phi) is 9.59. The fourth-order valence-electron chi connectivity index (χ4n) is 2.43. The first kappa shape index (κ1) is 19.3. The van der Waals surface area contributed by atoms with E-state index in [2.05, 4.69) is 56.7 Å². The maximum atomic E-state index is 8.68. The average Bonchev–Trinajstić information content (AvgIpc) is 2.95. The third-order valence-electron chi connectivity index (χ3n) is 3.35. The minimum Gasteiger partial charge on any atom is -0.322 e. The SMILES string of the molecule is CC(C)N(C(C)C)P(OCCC#N)OCCCC1=CC=CC1. The molecule has 0 N–H and O–H groups in total. The van der Waals surface area contributed by atoms with Gasteiger partial charge in [-0.2, -0.15) is 5.26 Å². The van der Waals surface area contributed by atoms with Gasteiger partial charge in [0, 0.05) is 12.1 Å². The molecule has 0 amide bonds. The second kappa shape index (κ2) is 10.9. The van der Waals surface area contributed by atoms with Crippen molar-refractivity contribution in [2.24, 2.45) is 0 Å². The molecule has 5 heteroatoms. The van der Waals surface area contributed by atoms with E-state index >= 15 is 0 Å². The molecule has 4 nitrogen and oxygen atoms in total. The van der Waals surface area contributed by atoms with Crippen molar-refractivity contribution in [1.29, 1.82) is 5.26 Å². The highest BCUT2D eigenvalue weighted by molar-refractivity contribution is 7.44. The van der Waals surface area contributed by atoms with Gasteiger partial charge in [0.25, 0.3) is 8.53 Å². The highest BCUT2D eigenvalue weighted by Crippen LogP contribution is 2.46. The summed E-state index contributed by atoms with van der Waals surface area (Å²) in [5.74, 6) is 0. The van der Waals surface area contributed by atoms with E-state index in [9.17, 15) is 0 Å². The zero-order valence-electron chi connectivity index (χ0n) is 14.3. The fourth-order valence-corrected chi connectivity index (χ4v) is 4.06. The summed E-state index contributed by atoms with van der Waals surface area (Å²) in [5.41, 5.74) is 1.47. The maximum Gasteiger partial charge on any atom is 0.259 e. The van der Waals surface area contributed by atoms with Crippen molar-refractivity contribution in [2.75, 3.05) is 13.2 Å². The van der Waals surface area contributed by atoms with Crippen LogP contribution >= 0.6 is 8.53 Å². The lowest BCUT2D eigenvalue weighted by atomic mass is 10.1. The quantitative estimate of drug-likeness (QED) is 0.399. The molecule has 0 fully saturated rings. The summed E-state index contributed by atoms with van der Waals surface area (Å²) in [4.78, 5) is 0. The van der Waals surface area contributed by atoms with Crippen LogP contribution < -0.4 is 0 Å². The molecule has 0 aromatic carbocycles. The first-order chi connectivity index (χ1) is 10.6. The Bertz CT molecular complexity index is 405. The number of rotatable bonds is 11. The predicted molar refractivity (Wildman–Crippen MR) is 92.2 cm³/mol. The van der Waals surface area contributed by atoms with Crippen LogP contribution in [0.25, 0.3) is 0 Å². The number of hydrogen-bond donors (Lipinski definition) is 0. The molecule has 1 atom stereocenters. The summed E-state index contributed by atoms with van der Waals surface area (Å²) in [6, 6.07) is 2.83. The van der Waals surface area contributed by atoms with Crippen LogP contribution in [-0.4, -0.2) is 30.0 Å². The fraction of sp³-hybridized carbons (Fsp3) is 0.706. The van der Waals surface area contributed by atoms with E-state index in [1.54, 1.807) is 0 Å². The van der Waals surface area contributed by atoms with Crippen LogP contribution in [0.15, 0.2) is 23.8 Å². The lowest BCUT2D eigenvalue weighted by Gasteiger charge is -2.35. The summed E-state index contributed by atoms with van der Waals surface area (Å²) >= 11 is 0. The topological polar surface area (TPSA) is 45.5 Å². The van der Waals surface area contributed by atoms with E-state index < -0.39 is 8.53 Å².